The van der Waals surface area contributed by atoms with E-state index in [1.54, 1.807) is 19.9 Å². The van der Waals surface area contributed by atoms with Gasteiger partial charge in [0, 0.05) is 12.2 Å². The van der Waals surface area contributed by atoms with E-state index in [1.165, 1.54) is 0 Å². The molecule has 0 aliphatic rings. The van der Waals surface area contributed by atoms with Crippen molar-refractivity contribution in [1.29, 1.82) is 0 Å². The highest BCUT2D eigenvalue weighted by molar-refractivity contribution is 5.95. The third-order valence-corrected chi connectivity index (χ3v) is 3.48. The summed E-state index contributed by atoms with van der Waals surface area (Å²) in [5.41, 5.74) is 1.90. The van der Waals surface area contributed by atoms with E-state index in [2.05, 4.69) is 10.3 Å². The maximum atomic E-state index is 12.1. The van der Waals surface area contributed by atoms with E-state index in [4.69, 9.17) is 0 Å². The van der Waals surface area contributed by atoms with Crippen LogP contribution in [0.5, 0.6) is 0 Å². The highest BCUT2D eigenvalue weighted by Gasteiger charge is 2.14. The molecule has 0 bridgehead atoms. The molecule has 0 saturated carbocycles. The van der Waals surface area contributed by atoms with E-state index in [0.29, 0.717) is 18.5 Å². The average molecular weight is 300 g/mol. The fourth-order valence-corrected chi connectivity index (χ4v) is 2.39. The van der Waals surface area contributed by atoms with Crippen LogP contribution in [0.15, 0.2) is 41.2 Å². The highest BCUT2D eigenvalue weighted by atomic mass is 16.3. The monoisotopic (exact) mass is 300 g/mol. The average Bonchev–Trinajstić information content (AvgIpc) is 2.47. The molecule has 0 aliphatic heterocycles. The Hall–Kier alpha value is -2.40. The second-order valence-electron chi connectivity index (χ2n) is 5.31. The Labute approximate surface area is 129 Å². The number of carbonyl (C=O) groups excluding carboxylic acids is 1. The molecule has 2 rings (SSSR count). The number of rotatable bonds is 5. The first-order valence-corrected chi connectivity index (χ1v) is 7.20. The third-order valence-electron chi connectivity index (χ3n) is 3.48. The van der Waals surface area contributed by atoms with Crippen LogP contribution in [0.1, 0.15) is 39.7 Å². The number of aromatic amines is 1. The second-order valence-corrected chi connectivity index (χ2v) is 5.31. The van der Waals surface area contributed by atoms with Crippen LogP contribution < -0.4 is 10.9 Å². The summed E-state index contributed by atoms with van der Waals surface area (Å²) in [6.45, 7) is 3.80. The van der Waals surface area contributed by atoms with Gasteiger partial charge in [0.25, 0.3) is 11.5 Å². The second kappa shape index (κ2) is 7.04. The molecular weight excluding hydrogens is 280 g/mol. The molecule has 1 aromatic carbocycles. The normalized spacial score (nSPS) is 12.0. The molecule has 0 radical (unpaired) electrons. The number of aromatic nitrogens is 1. The Bertz CT molecular complexity index is 708. The van der Waals surface area contributed by atoms with Gasteiger partial charge in [-0.1, -0.05) is 30.3 Å². The number of aliphatic hydroxyl groups is 1. The van der Waals surface area contributed by atoms with Crippen molar-refractivity contribution >= 4 is 5.91 Å². The van der Waals surface area contributed by atoms with Crippen LogP contribution in [0, 0.1) is 13.8 Å². The minimum Gasteiger partial charge on any atom is -0.388 e. The van der Waals surface area contributed by atoms with Gasteiger partial charge in [0.1, 0.15) is 5.56 Å². The first-order valence-electron chi connectivity index (χ1n) is 7.20. The van der Waals surface area contributed by atoms with E-state index in [9.17, 15) is 14.7 Å². The van der Waals surface area contributed by atoms with Gasteiger partial charge in [-0.25, -0.2) is 0 Å². The molecule has 1 aromatic heterocycles. The van der Waals surface area contributed by atoms with Crippen LogP contribution >= 0.6 is 0 Å². The molecule has 22 heavy (non-hydrogen) atoms. The largest absolute Gasteiger partial charge is 0.388 e. The number of hydrogen-bond acceptors (Lipinski definition) is 3. The molecule has 5 heteroatoms. The lowest BCUT2D eigenvalue weighted by atomic mass is 10.1. The van der Waals surface area contributed by atoms with Gasteiger partial charge >= 0.3 is 0 Å². The predicted molar refractivity (Wildman–Crippen MR) is 84.9 cm³/mol. The quantitative estimate of drug-likeness (QED) is 0.788. The van der Waals surface area contributed by atoms with Crippen molar-refractivity contribution in [3.63, 3.8) is 0 Å². The van der Waals surface area contributed by atoms with Crippen molar-refractivity contribution in [1.82, 2.24) is 10.3 Å². The highest BCUT2D eigenvalue weighted by Crippen LogP contribution is 2.15. The third kappa shape index (κ3) is 3.83. The number of aryl methyl sites for hydroxylation is 2. The molecular formula is C17H20N2O3. The molecule has 0 aliphatic carbocycles. The molecule has 0 unspecified atom stereocenters. The number of hydrogen-bond donors (Lipinski definition) is 3. The lowest BCUT2D eigenvalue weighted by molar-refractivity contribution is 0.0940. The Morgan fingerprint density at radius 3 is 2.59 bits per heavy atom. The maximum Gasteiger partial charge on any atom is 0.261 e. The summed E-state index contributed by atoms with van der Waals surface area (Å²) in [4.78, 5) is 26.6. The zero-order valence-electron chi connectivity index (χ0n) is 12.7. The number of nitrogens with one attached hydrogen (secondary N) is 2. The van der Waals surface area contributed by atoms with Crippen LogP contribution in [-0.4, -0.2) is 22.5 Å². The molecule has 1 amide bonds. The fourth-order valence-electron chi connectivity index (χ4n) is 2.39. The van der Waals surface area contributed by atoms with Gasteiger partial charge in [-0.15, -0.1) is 0 Å². The number of carbonyl (C=O) groups is 1. The van der Waals surface area contributed by atoms with Gasteiger partial charge in [0.2, 0.25) is 0 Å². The van der Waals surface area contributed by atoms with Crippen LogP contribution in [0.2, 0.25) is 0 Å². The Morgan fingerprint density at radius 1 is 1.27 bits per heavy atom. The summed E-state index contributed by atoms with van der Waals surface area (Å²) >= 11 is 0. The standard InChI is InChI=1S/C17H20N2O3/c1-11-10-12(2)19-17(22)15(11)16(21)18-9-8-14(20)13-6-4-3-5-7-13/h3-7,10,14,20H,8-9H2,1-2H3,(H,18,21)(H,19,22)/t14-/m0/s1. The smallest absolute Gasteiger partial charge is 0.261 e. The lowest BCUT2D eigenvalue weighted by Gasteiger charge is -2.12. The van der Waals surface area contributed by atoms with Gasteiger partial charge in [-0.3, -0.25) is 9.59 Å². The van der Waals surface area contributed by atoms with E-state index < -0.39 is 17.6 Å². The SMILES string of the molecule is Cc1cc(C)c(C(=O)NCC[C@H](O)c2ccccc2)c(=O)[nH]1. The summed E-state index contributed by atoms with van der Waals surface area (Å²) < 4.78 is 0. The lowest BCUT2D eigenvalue weighted by Crippen LogP contribution is -2.32. The molecule has 2 aromatic rings. The van der Waals surface area contributed by atoms with E-state index in [0.717, 1.165) is 11.3 Å². The summed E-state index contributed by atoms with van der Waals surface area (Å²) in [6.07, 6.45) is -0.252. The number of H-pyrrole nitrogens is 1. The van der Waals surface area contributed by atoms with Crippen molar-refractivity contribution in [2.75, 3.05) is 6.54 Å². The fraction of sp³-hybridized carbons (Fsp3) is 0.294. The van der Waals surface area contributed by atoms with Crippen LogP contribution in [0.3, 0.4) is 0 Å². The zero-order chi connectivity index (χ0) is 16.1. The van der Waals surface area contributed by atoms with Crippen LogP contribution in [0.4, 0.5) is 0 Å². The molecule has 0 spiro atoms. The Kier molecular flexibility index (Phi) is 5.12. The molecule has 5 nitrogen and oxygen atoms in total. The molecule has 0 saturated heterocycles. The number of pyridine rings is 1. The molecule has 1 heterocycles. The van der Waals surface area contributed by atoms with Crippen molar-refractivity contribution in [3.05, 3.63) is 69.1 Å². The first-order chi connectivity index (χ1) is 10.5. The van der Waals surface area contributed by atoms with E-state index in [1.807, 2.05) is 30.3 Å². The molecule has 1 atom stereocenters. The van der Waals surface area contributed by atoms with Crippen molar-refractivity contribution in [2.45, 2.75) is 26.4 Å². The van der Waals surface area contributed by atoms with Crippen molar-refractivity contribution in [2.24, 2.45) is 0 Å². The summed E-state index contributed by atoms with van der Waals surface area (Å²) in [6, 6.07) is 11.0. The minimum absolute atomic E-state index is 0.125. The zero-order valence-corrected chi connectivity index (χ0v) is 12.7. The van der Waals surface area contributed by atoms with Gasteiger partial charge in [-0.2, -0.15) is 0 Å². The van der Waals surface area contributed by atoms with Crippen LogP contribution in [-0.2, 0) is 0 Å². The summed E-state index contributed by atoms with van der Waals surface area (Å²) in [7, 11) is 0. The van der Waals surface area contributed by atoms with Crippen molar-refractivity contribution in [3.8, 4) is 0 Å². The van der Waals surface area contributed by atoms with Crippen LogP contribution in [0.25, 0.3) is 0 Å². The molecule has 116 valence electrons. The topological polar surface area (TPSA) is 82.2 Å². The number of amides is 1. The Balaban J connectivity index is 1.95. The van der Waals surface area contributed by atoms with E-state index >= 15 is 0 Å². The first kappa shape index (κ1) is 16.0. The number of benzene rings is 1. The molecule has 0 fully saturated rings. The Morgan fingerprint density at radius 2 is 1.95 bits per heavy atom. The summed E-state index contributed by atoms with van der Waals surface area (Å²) in [5, 5.41) is 12.7. The van der Waals surface area contributed by atoms with Gasteiger partial charge in [0.05, 0.1) is 6.10 Å². The summed E-state index contributed by atoms with van der Waals surface area (Å²) in [5.74, 6) is -0.418. The minimum atomic E-state index is -0.640. The van der Waals surface area contributed by atoms with E-state index in [-0.39, 0.29) is 5.56 Å². The maximum absolute atomic E-state index is 12.1. The van der Waals surface area contributed by atoms with Gasteiger partial charge < -0.3 is 15.4 Å². The molecule has 3 N–H and O–H groups in total. The predicted octanol–water partition coefficient (Wildman–Crippen LogP) is 1.85. The van der Waals surface area contributed by atoms with Gasteiger partial charge in [-0.05, 0) is 37.5 Å². The van der Waals surface area contributed by atoms with Gasteiger partial charge in [0.15, 0.2) is 0 Å². The number of aliphatic hydroxyl groups excluding tert-OH is 1. The van der Waals surface area contributed by atoms with Crippen molar-refractivity contribution < 1.29 is 9.90 Å².